The molecule has 2 aliphatic heterocycles. The first-order valence-electron chi connectivity index (χ1n) is 15.5. The van der Waals surface area contributed by atoms with Gasteiger partial charge < -0.3 is 29.3 Å². The third-order valence-corrected chi connectivity index (χ3v) is 8.30. The van der Waals surface area contributed by atoms with Gasteiger partial charge in [0.15, 0.2) is 11.5 Å². The van der Waals surface area contributed by atoms with E-state index in [1.165, 1.54) is 64.2 Å². The number of aromatic nitrogens is 3. The summed E-state index contributed by atoms with van der Waals surface area (Å²) in [5, 5.41) is 16.6. The van der Waals surface area contributed by atoms with Gasteiger partial charge in [-0.2, -0.15) is 4.98 Å². The average Bonchev–Trinajstić information content (AvgIpc) is 3.62. The highest BCUT2D eigenvalue weighted by Gasteiger charge is 2.51. The summed E-state index contributed by atoms with van der Waals surface area (Å²) in [6, 6.07) is 3.37. The number of pyridine rings is 1. The van der Waals surface area contributed by atoms with Crippen molar-refractivity contribution in [2.24, 2.45) is 5.92 Å². The highest BCUT2D eigenvalue weighted by atomic mass is 16.5. The fourth-order valence-electron chi connectivity index (χ4n) is 5.19. The molecule has 2 aromatic heterocycles. The fourth-order valence-corrected chi connectivity index (χ4v) is 5.19. The van der Waals surface area contributed by atoms with E-state index in [0.717, 1.165) is 44.2 Å². The predicted molar refractivity (Wildman–Crippen MR) is 158 cm³/mol. The number of nitrogens with one attached hydrogen (secondary N) is 1. The zero-order valence-corrected chi connectivity index (χ0v) is 25.4. The molecule has 5 rings (SSSR count). The first kappa shape index (κ1) is 31.2. The monoisotopic (exact) mass is 571 g/mol. The quantitative estimate of drug-likeness (QED) is 0.236. The lowest BCUT2D eigenvalue weighted by molar-refractivity contribution is -0.0849. The molecule has 0 amide bonds. The van der Waals surface area contributed by atoms with Gasteiger partial charge in [0.2, 0.25) is 11.8 Å². The highest BCUT2D eigenvalue weighted by molar-refractivity contribution is 5.86. The Morgan fingerprint density at radius 3 is 2.37 bits per heavy atom. The van der Waals surface area contributed by atoms with E-state index < -0.39 is 5.97 Å². The molecule has 0 atom stereocenters. The number of anilines is 1. The molecule has 1 spiro atoms. The number of carboxylic acids is 1. The standard InChI is InChI=1S/C16H31N3O.C15H18N2O4/c1-5-6-7-8-9-10-11-12-13-17-16(3,4)15-18-14(2)20-19-15;18-14(19)11-3-4-12(13(16-11)21-7-10-1-2-10)17-6-5-15(17)8-20-9-15/h17H,5-13H2,1-4H3;3-4,10H,1-2,5-9H2,(H,18,19). The van der Waals surface area contributed by atoms with Crippen LogP contribution < -0.4 is 15.0 Å². The molecule has 2 aromatic rings. The third kappa shape index (κ3) is 8.64. The van der Waals surface area contributed by atoms with Crippen molar-refractivity contribution in [3.05, 3.63) is 29.5 Å². The van der Waals surface area contributed by atoms with Crippen LogP contribution in [-0.4, -0.2) is 64.6 Å². The van der Waals surface area contributed by atoms with Crippen molar-refractivity contribution >= 4 is 11.7 Å². The second-order valence-corrected chi connectivity index (χ2v) is 12.4. The molecule has 3 fully saturated rings. The van der Waals surface area contributed by atoms with E-state index in [0.29, 0.717) is 24.3 Å². The number of aromatic carboxylic acids is 1. The Bertz CT molecular complexity index is 1110. The predicted octanol–water partition coefficient (Wildman–Crippen LogP) is 5.89. The van der Waals surface area contributed by atoms with Crippen LogP contribution in [0.3, 0.4) is 0 Å². The Morgan fingerprint density at radius 1 is 1.12 bits per heavy atom. The van der Waals surface area contributed by atoms with Gasteiger partial charge in [0, 0.05) is 13.5 Å². The number of ether oxygens (including phenoxy) is 2. The van der Waals surface area contributed by atoms with Gasteiger partial charge in [0.05, 0.1) is 30.9 Å². The Balaban J connectivity index is 0.000000189. The van der Waals surface area contributed by atoms with Crippen molar-refractivity contribution in [1.82, 2.24) is 20.4 Å². The van der Waals surface area contributed by atoms with Crippen LogP contribution in [-0.2, 0) is 10.3 Å². The molecule has 41 heavy (non-hydrogen) atoms. The summed E-state index contributed by atoms with van der Waals surface area (Å²) in [6.45, 7) is 12.3. The first-order chi connectivity index (χ1) is 19.7. The molecular formula is C31H49N5O5. The number of carboxylic acid groups (broad SMARTS) is 1. The number of nitrogens with zero attached hydrogens (tertiary/aromatic N) is 4. The van der Waals surface area contributed by atoms with E-state index >= 15 is 0 Å². The second-order valence-electron chi connectivity index (χ2n) is 12.4. The number of hydrogen-bond donors (Lipinski definition) is 2. The number of carbonyl (C=O) groups is 1. The van der Waals surface area contributed by atoms with Gasteiger partial charge in [0.1, 0.15) is 5.69 Å². The Labute approximate surface area is 244 Å². The topological polar surface area (TPSA) is 123 Å². The fraction of sp³-hybridized carbons (Fsp3) is 0.742. The molecule has 10 heteroatoms. The van der Waals surface area contributed by atoms with Crippen molar-refractivity contribution in [2.75, 3.05) is 37.8 Å². The molecule has 0 aromatic carbocycles. The summed E-state index contributed by atoms with van der Waals surface area (Å²) in [7, 11) is 0. The van der Waals surface area contributed by atoms with E-state index in [1.807, 2.05) is 13.0 Å². The third-order valence-electron chi connectivity index (χ3n) is 8.30. The van der Waals surface area contributed by atoms with E-state index in [-0.39, 0.29) is 16.8 Å². The van der Waals surface area contributed by atoms with E-state index in [2.05, 4.69) is 46.1 Å². The van der Waals surface area contributed by atoms with E-state index in [9.17, 15) is 4.79 Å². The average molecular weight is 572 g/mol. The summed E-state index contributed by atoms with van der Waals surface area (Å²) < 4.78 is 16.2. The van der Waals surface area contributed by atoms with Crippen LogP contribution in [0.25, 0.3) is 0 Å². The minimum atomic E-state index is -1.02. The molecule has 1 aliphatic carbocycles. The van der Waals surface area contributed by atoms with Gasteiger partial charge in [-0.05, 0) is 64.1 Å². The smallest absolute Gasteiger partial charge is 0.354 e. The van der Waals surface area contributed by atoms with Crippen LogP contribution in [0.5, 0.6) is 5.88 Å². The van der Waals surface area contributed by atoms with E-state index in [1.54, 1.807) is 6.07 Å². The summed E-state index contributed by atoms with van der Waals surface area (Å²) in [6.07, 6.45) is 14.3. The minimum absolute atomic E-state index is 0.0315. The lowest BCUT2D eigenvalue weighted by Crippen LogP contribution is -2.71. The van der Waals surface area contributed by atoms with Crippen LogP contribution in [0.15, 0.2) is 16.7 Å². The number of hydrogen-bond acceptors (Lipinski definition) is 9. The van der Waals surface area contributed by atoms with Crippen molar-refractivity contribution in [2.45, 2.75) is 109 Å². The molecule has 0 unspecified atom stereocenters. The van der Waals surface area contributed by atoms with Gasteiger partial charge >= 0.3 is 5.97 Å². The SMILES string of the molecule is CCCCCCCCCCNC(C)(C)c1noc(C)n1.O=C(O)c1ccc(N2CCC23COC3)c(OCC2CC2)n1. The highest BCUT2D eigenvalue weighted by Crippen LogP contribution is 2.44. The maximum Gasteiger partial charge on any atom is 0.354 e. The molecule has 0 radical (unpaired) electrons. The molecular weight excluding hydrogens is 522 g/mol. The molecule has 3 aliphatic rings. The summed E-state index contributed by atoms with van der Waals surface area (Å²) in [5.74, 6) is 1.40. The Kier molecular flexibility index (Phi) is 11.0. The van der Waals surface area contributed by atoms with Gasteiger partial charge in [-0.15, -0.1) is 0 Å². The molecule has 4 heterocycles. The molecule has 1 saturated carbocycles. The van der Waals surface area contributed by atoms with Gasteiger partial charge in [-0.1, -0.05) is 57.0 Å². The van der Waals surface area contributed by atoms with Crippen molar-refractivity contribution < 1.29 is 23.9 Å². The van der Waals surface area contributed by atoms with Crippen molar-refractivity contribution in [3.8, 4) is 5.88 Å². The normalized spacial score (nSPS) is 17.4. The summed E-state index contributed by atoms with van der Waals surface area (Å²) in [4.78, 5) is 21.9. The number of rotatable bonds is 16. The molecule has 2 N–H and O–H groups in total. The van der Waals surface area contributed by atoms with Crippen LogP contribution in [0.2, 0.25) is 0 Å². The first-order valence-corrected chi connectivity index (χ1v) is 15.5. The van der Waals surface area contributed by atoms with Crippen LogP contribution in [0.1, 0.15) is 114 Å². The van der Waals surface area contributed by atoms with Crippen LogP contribution in [0, 0.1) is 12.8 Å². The van der Waals surface area contributed by atoms with Gasteiger partial charge in [-0.25, -0.2) is 9.78 Å². The van der Waals surface area contributed by atoms with Crippen molar-refractivity contribution in [1.29, 1.82) is 0 Å². The summed E-state index contributed by atoms with van der Waals surface area (Å²) in [5.41, 5.74) is 0.808. The Hall–Kier alpha value is -2.72. The van der Waals surface area contributed by atoms with Gasteiger partial charge in [-0.3, -0.25) is 0 Å². The molecule has 0 bridgehead atoms. The molecule has 10 nitrogen and oxygen atoms in total. The van der Waals surface area contributed by atoms with Crippen LogP contribution in [0.4, 0.5) is 5.69 Å². The zero-order valence-electron chi connectivity index (χ0n) is 25.4. The number of unbranched alkanes of at least 4 members (excludes halogenated alkanes) is 7. The van der Waals surface area contributed by atoms with Crippen LogP contribution >= 0.6 is 0 Å². The minimum Gasteiger partial charge on any atom is -0.477 e. The second kappa shape index (κ2) is 14.4. The van der Waals surface area contributed by atoms with E-state index in [4.69, 9.17) is 19.1 Å². The zero-order chi connectivity index (χ0) is 29.3. The number of aryl methyl sites for hydroxylation is 1. The maximum absolute atomic E-state index is 11.1. The van der Waals surface area contributed by atoms with Gasteiger partial charge in [0.25, 0.3) is 0 Å². The lowest BCUT2D eigenvalue weighted by atomic mass is 9.82. The molecule has 2 saturated heterocycles. The maximum atomic E-state index is 11.1. The van der Waals surface area contributed by atoms with Crippen molar-refractivity contribution in [3.63, 3.8) is 0 Å². The summed E-state index contributed by atoms with van der Waals surface area (Å²) >= 11 is 0. The largest absolute Gasteiger partial charge is 0.477 e. The Morgan fingerprint density at radius 2 is 1.83 bits per heavy atom. The molecule has 228 valence electrons. The lowest BCUT2D eigenvalue weighted by Gasteiger charge is -2.58.